The molecule has 0 bridgehead atoms. The fraction of sp³-hybridized carbons (Fsp3) is 0.641. The Balaban J connectivity index is 4.54. The van der Waals surface area contributed by atoms with E-state index in [4.69, 9.17) is 14.2 Å². The van der Waals surface area contributed by atoms with E-state index in [1.165, 1.54) is 109 Å². The number of unbranched alkanes of at least 4 members (excludes halogenated alkanes) is 26. The summed E-state index contributed by atoms with van der Waals surface area (Å²) in [5.74, 6) is -0.978. The Morgan fingerprint density at radius 3 is 0.929 bits per heavy atom. The second kappa shape index (κ2) is 57.4. The maximum absolute atomic E-state index is 12.8. The molecule has 1 atom stereocenters. The molecule has 396 valence electrons. The predicted octanol–water partition coefficient (Wildman–Crippen LogP) is 19.3. The second-order valence-corrected chi connectivity index (χ2v) is 18.7. The van der Waals surface area contributed by atoms with Crippen molar-refractivity contribution in [3.05, 3.63) is 122 Å². The van der Waals surface area contributed by atoms with Gasteiger partial charge in [-0.05, 0) is 89.9 Å². The molecule has 1 unspecified atom stereocenters. The molecule has 6 heteroatoms. The molecule has 0 aliphatic rings. The number of carbonyl (C=O) groups is 3. The molecule has 0 saturated heterocycles. The maximum Gasteiger partial charge on any atom is 0.306 e. The van der Waals surface area contributed by atoms with Crippen molar-refractivity contribution in [1.29, 1.82) is 0 Å². The number of carbonyl (C=O) groups excluding carboxylic acids is 3. The normalized spacial score (nSPS) is 13.0. The summed E-state index contributed by atoms with van der Waals surface area (Å²) in [6.07, 6.45) is 78.9. The third-order valence-electron chi connectivity index (χ3n) is 11.9. The largest absolute Gasteiger partial charge is 0.462 e. The first-order valence-corrected chi connectivity index (χ1v) is 28.7. The van der Waals surface area contributed by atoms with Gasteiger partial charge in [-0.25, -0.2) is 0 Å². The van der Waals surface area contributed by atoms with Crippen molar-refractivity contribution in [2.75, 3.05) is 13.2 Å². The Morgan fingerprint density at radius 1 is 0.300 bits per heavy atom. The van der Waals surface area contributed by atoms with Crippen LogP contribution in [0.15, 0.2) is 122 Å². The lowest BCUT2D eigenvalue weighted by molar-refractivity contribution is -0.167. The highest BCUT2D eigenvalue weighted by Gasteiger charge is 2.19. The Hall–Kier alpha value is -4.19. The van der Waals surface area contributed by atoms with Crippen LogP contribution in [0.4, 0.5) is 0 Å². The molecule has 70 heavy (non-hydrogen) atoms. The molecule has 0 saturated carbocycles. The van der Waals surface area contributed by atoms with Crippen molar-refractivity contribution in [2.24, 2.45) is 0 Å². The summed E-state index contributed by atoms with van der Waals surface area (Å²) < 4.78 is 16.8. The minimum Gasteiger partial charge on any atom is -0.462 e. The van der Waals surface area contributed by atoms with Crippen LogP contribution in [0.2, 0.25) is 0 Å². The molecule has 0 aromatic rings. The van der Waals surface area contributed by atoms with Gasteiger partial charge in [0.1, 0.15) is 13.2 Å². The smallest absolute Gasteiger partial charge is 0.306 e. The van der Waals surface area contributed by atoms with E-state index in [1.54, 1.807) is 0 Å². The Morgan fingerprint density at radius 2 is 0.571 bits per heavy atom. The van der Waals surface area contributed by atoms with E-state index in [-0.39, 0.29) is 37.5 Å². The molecule has 0 fully saturated rings. The summed E-state index contributed by atoms with van der Waals surface area (Å²) >= 11 is 0. The number of hydrogen-bond acceptors (Lipinski definition) is 6. The molecule has 0 aromatic carbocycles. The zero-order valence-corrected chi connectivity index (χ0v) is 45.2. The van der Waals surface area contributed by atoms with Gasteiger partial charge in [-0.1, -0.05) is 258 Å². The number of allylic oxidation sites excluding steroid dienone is 20. The van der Waals surface area contributed by atoms with Crippen molar-refractivity contribution in [3.63, 3.8) is 0 Å². The van der Waals surface area contributed by atoms with Crippen LogP contribution < -0.4 is 0 Å². The molecule has 0 amide bonds. The van der Waals surface area contributed by atoms with Crippen molar-refractivity contribution >= 4 is 17.9 Å². The van der Waals surface area contributed by atoms with Crippen LogP contribution in [0.25, 0.3) is 0 Å². The van der Waals surface area contributed by atoms with E-state index in [1.807, 2.05) is 60.8 Å². The molecule has 0 spiro atoms. The topological polar surface area (TPSA) is 78.9 Å². The van der Waals surface area contributed by atoms with Crippen molar-refractivity contribution in [2.45, 2.75) is 252 Å². The molecule has 0 aliphatic carbocycles. The fourth-order valence-corrected chi connectivity index (χ4v) is 7.59. The summed E-state index contributed by atoms with van der Waals surface area (Å²) in [5, 5.41) is 0. The highest BCUT2D eigenvalue weighted by atomic mass is 16.6. The summed E-state index contributed by atoms with van der Waals surface area (Å²) in [6.45, 7) is 6.42. The first kappa shape index (κ1) is 65.8. The van der Waals surface area contributed by atoms with E-state index in [2.05, 4.69) is 81.5 Å². The van der Waals surface area contributed by atoms with Gasteiger partial charge in [-0.15, -0.1) is 0 Å². The van der Waals surface area contributed by atoms with E-state index >= 15 is 0 Å². The molecule has 0 aromatic heterocycles. The zero-order valence-electron chi connectivity index (χ0n) is 45.2. The molecule has 0 radical (unpaired) electrons. The average Bonchev–Trinajstić information content (AvgIpc) is 3.36. The standard InChI is InChI=1S/C64H104O6/c1-4-7-10-13-16-19-22-25-28-31-34-36-39-42-45-48-51-54-57-63(66)69-60-61(70-64(67)58-55-52-49-46-43-40-37-33-30-27-24-21-18-15-12-9-6-3)59-68-62(65)56-53-50-47-44-41-38-35-32-29-26-23-20-17-14-11-8-5-2/h9,12,15,18,21-22,24-31,33-34,36-37,40,43,61H,4-8,10-11,13-14,16-17,19-20,23,32,35,38-39,41-42,44-60H2,1-3H3/b12-9-,18-15-,24-21-,25-22-,29-26-,30-27-,31-28-,36-34-,37-33+,43-40-. The number of esters is 3. The molecule has 0 heterocycles. The number of hydrogen-bond donors (Lipinski definition) is 0. The number of ether oxygens (including phenoxy) is 3. The van der Waals surface area contributed by atoms with Gasteiger partial charge in [0.05, 0.1) is 0 Å². The molecular formula is C64H104O6. The van der Waals surface area contributed by atoms with Crippen LogP contribution in [0.3, 0.4) is 0 Å². The first-order chi connectivity index (χ1) is 34.5. The van der Waals surface area contributed by atoms with E-state index in [0.29, 0.717) is 19.3 Å². The quantitative estimate of drug-likeness (QED) is 0.0199. The lowest BCUT2D eigenvalue weighted by atomic mass is 10.1. The van der Waals surface area contributed by atoms with Gasteiger partial charge >= 0.3 is 17.9 Å². The fourth-order valence-electron chi connectivity index (χ4n) is 7.59. The van der Waals surface area contributed by atoms with Gasteiger partial charge in [0, 0.05) is 19.3 Å². The van der Waals surface area contributed by atoms with Gasteiger partial charge < -0.3 is 14.2 Å². The minimum absolute atomic E-state index is 0.108. The third kappa shape index (κ3) is 54.7. The third-order valence-corrected chi connectivity index (χ3v) is 11.9. The van der Waals surface area contributed by atoms with Crippen molar-refractivity contribution in [3.8, 4) is 0 Å². The number of rotatable bonds is 50. The van der Waals surface area contributed by atoms with Crippen molar-refractivity contribution in [1.82, 2.24) is 0 Å². The van der Waals surface area contributed by atoms with Gasteiger partial charge in [-0.3, -0.25) is 14.4 Å². The second-order valence-electron chi connectivity index (χ2n) is 18.7. The van der Waals surface area contributed by atoms with Crippen LogP contribution in [0.1, 0.15) is 245 Å². The molecular weight excluding hydrogens is 865 g/mol. The van der Waals surface area contributed by atoms with E-state index < -0.39 is 6.10 Å². The summed E-state index contributed by atoms with van der Waals surface area (Å²) in [6, 6.07) is 0. The SMILES string of the molecule is CC\C=C/C=C\C=C/C=C\C=C\C=C/CCCCCC(=O)OC(COC(=O)CCCCCCC\C=C/C=C\C=C/CCCCCCC)COC(=O)CCCCCCCCC/C=C\CCCCCCCC. The van der Waals surface area contributed by atoms with Gasteiger partial charge in [0.15, 0.2) is 6.10 Å². The lowest BCUT2D eigenvalue weighted by Crippen LogP contribution is -2.30. The predicted molar refractivity (Wildman–Crippen MR) is 302 cm³/mol. The van der Waals surface area contributed by atoms with Crippen molar-refractivity contribution < 1.29 is 28.6 Å². The summed E-state index contributed by atoms with van der Waals surface area (Å²) in [5.41, 5.74) is 0. The van der Waals surface area contributed by atoms with Crippen LogP contribution in [-0.4, -0.2) is 37.2 Å². The Kier molecular flexibility index (Phi) is 54.0. The van der Waals surface area contributed by atoms with E-state index in [0.717, 1.165) is 89.9 Å². The maximum atomic E-state index is 12.8. The molecule has 0 rings (SSSR count). The van der Waals surface area contributed by atoms with Crippen LogP contribution in [0, 0.1) is 0 Å². The average molecular weight is 970 g/mol. The monoisotopic (exact) mass is 969 g/mol. The van der Waals surface area contributed by atoms with Gasteiger partial charge in [0.25, 0.3) is 0 Å². The van der Waals surface area contributed by atoms with Crippen LogP contribution >= 0.6 is 0 Å². The minimum atomic E-state index is -0.816. The molecule has 0 aliphatic heterocycles. The zero-order chi connectivity index (χ0) is 50.7. The lowest BCUT2D eigenvalue weighted by Gasteiger charge is -2.18. The Bertz CT molecular complexity index is 1490. The summed E-state index contributed by atoms with van der Waals surface area (Å²) in [7, 11) is 0. The Labute approximate surface area is 431 Å². The molecule has 6 nitrogen and oxygen atoms in total. The van der Waals surface area contributed by atoms with E-state index in [9.17, 15) is 14.4 Å². The highest BCUT2D eigenvalue weighted by Crippen LogP contribution is 2.14. The highest BCUT2D eigenvalue weighted by molar-refractivity contribution is 5.71. The van der Waals surface area contributed by atoms with Gasteiger partial charge in [-0.2, -0.15) is 0 Å². The van der Waals surface area contributed by atoms with Crippen LogP contribution in [0.5, 0.6) is 0 Å². The van der Waals surface area contributed by atoms with Crippen LogP contribution in [-0.2, 0) is 28.6 Å². The molecule has 0 N–H and O–H groups in total. The van der Waals surface area contributed by atoms with Gasteiger partial charge in [0.2, 0.25) is 0 Å². The first-order valence-electron chi connectivity index (χ1n) is 28.7. The summed E-state index contributed by atoms with van der Waals surface area (Å²) in [4.78, 5) is 38.2.